The van der Waals surface area contributed by atoms with Crippen LogP contribution in [0, 0.1) is 5.92 Å². The summed E-state index contributed by atoms with van der Waals surface area (Å²) in [5.74, 6) is 1.10. The first-order chi connectivity index (χ1) is 12.9. The van der Waals surface area contributed by atoms with Crippen molar-refractivity contribution in [2.24, 2.45) is 5.92 Å². The number of likely N-dealkylation sites (N-methyl/N-ethyl adjacent to an activating group) is 1. The summed E-state index contributed by atoms with van der Waals surface area (Å²) in [4.78, 5) is 14.3. The summed E-state index contributed by atoms with van der Waals surface area (Å²) in [6.45, 7) is 3.40. The summed E-state index contributed by atoms with van der Waals surface area (Å²) in [5.41, 5.74) is 0. The zero-order chi connectivity index (χ0) is 19.9. The van der Waals surface area contributed by atoms with Crippen LogP contribution in [0.3, 0.4) is 0 Å². The highest BCUT2D eigenvalue weighted by molar-refractivity contribution is 7.89. The highest BCUT2D eigenvalue weighted by Crippen LogP contribution is 2.26. The van der Waals surface area contributed by atoms with E-state index in [4.69, 9.17) is 9.47 Å². The summed E-state index contributed by atoms with van der Waals surface area (Å²) >= 11 is 0. The molecule has 0 N–H and O–H groups in total. The van der Waals surface area contributed by atoms with E-state index >= 15 is 0 Å². The number of carbonyl (C=O) groups is 1. The van der Waals surface area contributed by atoms with Gasteiger partial charge in [-0.3, -0.25) is 4.79 Å². The van der Waals surface area contributed by atoms with Crippen LogP contribution in [0.25, 0.3) is 0 Å². The minimum Gasteiger partial charge on any atom is -0.493 e. The summed E-state index contributed by atoms with van der Waals surface area (Å²) in [6, 6.07) is 7.36. The fourth-order valence-corrected chi connectivity index (χ4v) is 4.82. The van der Waals surface area contributed by atoms with Crippen LogP contribution in [0.2, 0.25) is 0 Å². The number of methoxy groups -OCH3 is 1. The third-order valence-electron chi connectivity index (χ3n) is 4.72. The topological polar surface area (TPSA) is 76.2 Å². The summed E-state index contributed by atoms with van der Waals surface area (Å²) in [6.07, 6.45) is 2.01. The number of para-hydroxylation sites is 2. The van der Waals surface area contributed by atoms with Gasteiger partial charge < -0.3 is 14.4 Å². The largest absolute Gasteiger partial charge is 0.493 e. The minimum absolute atomic E-state index is 0.0324. The Kier molecular flexibility index (Phi) is 7.91. The Balaban J connectivity index is 1.87. The van der Waals surface area contributed by atoms with Crippen LogP contribution in [0.4, 0.5) is 0 Å². The molecule has 1 aromatic rings. The Bertz CT molecular complexity index is 723. The first-order valence-corrected chi connectivity index (χ1v) is 11.0. The van der Waals surface area contributed by atoms with E-state index in [-0.39, 0.29) is 24.1 Å². The molecule has 0 aliphatic carbocycles. The van der Waals surface area contributed by atoms with Gasteiger partial charge in [0.15, 0.2) is 11.5 Å². The molecule has 0 saturated carbocycles. The van der Waals surface area contributed by atoms with E-state index in [9.17, 15) is 13.2 Å². The molecule has 0 bridgehead atoms. The number of nitrogens with zero attached hydrogens (tertiary/aromatic N) is 2. The Morgan fingerprint density at radius 2 is 2.00 bits per heavy atom. The van der Waals surface area contributed by atoms with Crippen molar-refractivity contribution in [2.45, 2.75) is 26.2 Å². The van der Waals surface area contributed by atoms with Gasteiger partial charge in [0.1, 0.15) is 6.61 Å². The van der Waals surface area contributed by atoms with E-state index in [1.807, 2.05) is 31.2 Å². The first-order valence-electron chi connectivity index (χ1n) is 9.37. The smallest absolute Gasteiger partial charge is 0.226 e. The highest BCUT2D eigenvalue weighted by atomic mass is 32.2. The van der Waals surface area contributed by atoms with Crippen molar-refractivity contribution in [1.82, 2.24) is 9.21 Å². The molecule has 1 amide bonds. The molecule has 1 saturated heterocycles. The Hall–Kier alpha value is -1.80. The van der Waals surface area contributed by atoms with Crippen LogP contribution in [-0.4, -0.2) is 69.7 Å². The van der Waals surface area contributed by atoms with Gasteiger partial charge in [-0.2, -0.15) is 0 Å². The zero-order valence-corrected chi connectivity index (χ0v) is 17.2. The molecule has 0 radical (unpaired) electrons. The summed E-state index contributed by atoms with van der Waals surface area (Å²) < 4.78 is 37.0. The average Bonchev–Trinajstić information content (AvgIpc) is 2.67. The van der Waals surface area contributed by atoms with Crippen LogP contribution in [0.5, 0.6) is 11.5 Å². The lowest BCUT2D eigenvalue weighted by Gasteiger charge is -2.33. The Labute approximate surface area is 162 Å². The molecule has 1 aliphatic rings. The predicted octanol–water partition coefficient (Wildman–Crippen LogP) is 1.98. The van der Waals surface area contributed by atoms with Gasteiger partial charge in [-0.1, -0.05) is 19.1 Å². The normalized spacial score (nSPS) is 18.1. The van der Waals surface area contributed by atoms with Crippen molar-refractivity contribution in [3.63, 3.8) is 0 Å². The highest BCUT2D eigenvalue weighted by Gasteiger charge is 2.33. The van der Waals surface area contributed by atoms with Crippen LogP contribution >= 0.6 is 0 Å². The molecule has 0 spiro atoms. The molecule has 8 heteroatoms. The van der Waals surface area contributed by atoms with Crippen molar-refractivity contribution < 1.29 is 22.7 Å². The maximum Gasteiger partial charge on any atom is 0.226 e. The summed E-state index contributed by atoms with van der Waals surface area (Å²) in [5, 5.41) is 0. The maximum atomic E-state index is 12.7. The predicted molar refractivity (Wildman–Crippen MR) is 105 cm³/mol. The number of hydrogen-bond donors (Lipinski definition) is 0. The fourth-order valence-electron chi connectivity index (χ4n) is 3.24. The van der Waals surface area contributed by atoms with Gasteiger partial charge >= 0.3 is 0 Å². The molecular formula is C19H30N2O5S. The van der Waals surface area contributed by atoms with Crippen molar-refractivity contribution in [2.75, 3.05) is 46.2 Å². The number of hydrogen-bond acceptors (Lipinski definition) is 5. The minimum atomic E-state index is -3.26. The SMILES string of the molecule is CCCS(=O)(=O)N1CCCC(C(=O)N(C)CCOc2ccccc2OC)C1. The van der Waals surface area contributed by atoms with E-state index in [2.05, 4.69) is 0 Å². The number of sulfonamides is 1. The van der Waals surface area contributed by atoms with Gasteiger partial charge in [-0.25, -0.2) is 12.7 Å². The molecule has 1 heterocycles. The van der Waals surface area contributed by atoms with Gasteiger partial charge in [0.2, 0.25) is 15.9 Å². The molecule has 1 fully saturated rings. The van der Waals surface area contributed by atoms with E-state index in [0.29, 0.717) is 50.5 Å². The van der Waals surface area contributed by atoms with Crippen LogP contribution < -0.4 is 9.47 Å². The summed E-state index contributed by atoms with van der Waals surface area (Å²) in [7, 11) is 0.0500. The molecule has 2 rings (SSSR count). The van der Waals surface area contributed by atoms with Crippen molar-refractivity contribution >= 4 is 15.9 Å². The lowest BCUT2D eigenvalue weighted by Crippen LogP contribution is -2.47. The molecule has 1 aromatic carbocycles. The van der Waals surface area contributed by atoms with Gasteiger partial charge in [-0.05, 0) is 31.4 Å². The molecule has 27 heavy (non-hydrogen) atoms. The number of amides is 1. The van der Waals surface area contributed by atoms with Gasteiger partial charge in [0, 0.05) is 20.1 Å². The quantitative estimate of drug-likeness (QED) is 0.636. The van der Waals surface area contributed by atoms with Crippen molar-refractivity contribution in [3.05, 3.63) is 24.3 Å². The Morgan fingerprint density at radius 3 is 2.67 bits per heavy atom. The standard InChI is InChI=1S/C19H30N2O5S/c1-4-14-27(23,24)21-11-7-8-16(15-21)19(22)20(2)12-13-26-18-10-6-5-9-17(18)25-3/h5-6,9-10,16H,4,7-8,11-15H2,1-3H3. The maximum absolute atomic E-state index is 12.7. The number of benzene rings is 1. The molecule has 7 nitrogen and oxygen atoms in total. The zero-order valence-electron chi connectivity index (χ0n) is 16.4. The van der Waals surface area contributed by atoms with Crippen LogP contribution in [0.1, 0.15) is 26.2 Å². The second-order valence-corrected chi connectivity index (χ2v) is 8.86. The number of ether oxygens (including phenoxy) is 2. The number of piperidine rings is 1. The van der Waals surface area contributed by atoms with Crippen LogP contribution in [0.15, 0.2) is 24.3 Å². The molecule has 0 aromatic heterocycles. The van der Waals surface area contributed by atoms with Crippen molar-refractivity contribution in [3.8, 4) is 11.5 Å². The second-order valence-electron chi connectivity index (χ2n) is 6.77. The molecule has 1 atom stereocenters. The second kappa shape index (κ2) is 9.94. The molecule has 152 valence electrons. The lowest BCUT2D eigenvalue weighted by atomic mass is 9.98. The third kappa shape index (κ3) is 5.84. The molecule has 1 aliphatic heterocycles. The van der Waals surface area contributed by atoms with E-state index < -0.39 is 10.0 Å². The number of carbonyl (C=O) groups excluding carboxylic acids is 1. The van der Waals surface area contributed by atoms with Gasteiger partial charge in [0.25, 0.3) is 0 Å². The lowest BCUT2D eigenvalue weighted by molar-refractivity contribution is -0.135. The monoisotopic (exact) mass is 398 g/mol. The van der Waals surface area contributed by atoms with E-state index in [0.717, 1.165) is 0 Å². The molecule has 1 unspecified atom stereocenters. The Morgan fingerprint density at radius 1 is 1.30 bits per heavy atom. The third-order valence-corrected chi connectivity index (χ3v) is 6.76. The van der Waals surface area contributed by atoms with E-state index in [1.54, 1.807) is 19.1 Å². The molecular weight excluding hydrogens is 368 g/mol. The van der Waals surface area contributed by atoms with Gasteiger partial charge in [-0.15, -0.1) is 0 Å². The van der Waals surface area contributed by atoms with Crippen LogP contribution in [-0.2, 0) is 14.8 Å². The fraction of sp³-hybridized carbons (Fsp3) is 0.632. The van der Waals surface area contributed by atoms with Crippen molar-refractivity contribution in [1.29, 1.82) is 0 Å². The van der Waals surface area contributed by atoms with Gasteiger partial charge in [0.05, 0.1) is 25.3 Å². The number of rotatable bonds is 9. The first kappa shape index (κ1) is 21.5. The van der Waals surface area contributed by atoms with E-state index in [1.165, 1.54) is 4.31 Å². The average molecular weight is 399 g/mol.